The molecular weight excluding hydrogens is 444 g/mol. The average molecular weight is 465 g/mol. The molecule has 3 rings (SSSR count). The molecule has 1 saturated heterocycles. The fourth-order valence-corrected chi connectivity index (χ4v) is 3.68. The Labute approximate surface area is 186 Å². The molecule has 0 aromatic heterocycles. The van der Waals surface area contributed by atoms with Crippen molar-refractivity contribution in [3.05, 3.63) is 59.7 Å². The van der Waals surface area contributed by atoms with Crippen LogP contribution in [-0.4, -0.2) is 48.3 Å². The summed E-state index contributed by atoms with van der Waals surface area (Å²) in [5.41, 5.74) is 5.71. The van der Waals surface area contributed by atoms with E-state index >= 15 is 0 Å². The molecule has 3 atom stereocenters. The minimum absolute atomic E-state index is 0.0164. The molecule has 12 heteroatoms. The Kier molecular flexibility index (Phi) is 7.62. The topological polar surface area (TPSA) is 135 Å². The Morgan fingerprint density at radius 1 is 1.16 bits per heavy atom. The van der Waals surface area contributed by atoms with Crippen LogP contribution in [-0.2, 0) is 9.59 Å². The molecule has 1 aliphatic heterocycles. The zero-order valence-electron chi connectivity index (χ0n) is 16.9. The van der Waals surface area contributed by atoms with E-state index < -0.39 is 41.2 Å². The fraction of sp³-hybridized carbons (Fsp3) is 0.250. The summed E-state index contributed by atoms with van der Waals surface area (Å²) in [5, 5.41) is 10.6. The van der Waals surface area contributed by atoms with Gasteiger partial charge in [0.2, 0.25) is 11.8 Å². The van der Waals surface area contributed by atoms with Crippen molar-refractivity contribution in [2.24, 2.45) is 5.73 Å². The van der Waals surface area contributed by atoms with Crippen molar-refractivity contribution in [2.75, 3.05) is 18.2 Å². The van der Waals surface area contributed by atoms with E-state index in [1.807, 2.05) is 0 Å². The van der Waals surface area contributed by atoms with Gasteiger partial charge in [-0.05, 0) is 42.5 Å². The van der Waals surface area contributed by atoms with E-state index in [0.29, 0.717) is 11.4 Å². The van der Waals surface area contributed by atoms with E-state index in [9.17, 15) is 23.2 Å². The van der Waals surface area contributed by atoms with E-state index in [0.717, 1.165) is 30.0 Å². The summed E-state index contributed by atoms with van der Waals surface area (Å²) in [6, 6.07) is 8.28. The molecule has 2 aromatic rings. The van der Waals surface area contributed by atoms with Gasteiger partial charge in [-0.15, -0.1) is 11.8 Å². The van der Waals surface area contributed by atoms with Crippen LogP contribution in [0.3, 0.4) is 0 Å². The largest absolute Gasteiger partial charge is 0.497 e. The molecule has 32 heavy (non-hydrogen) atoms. The normalized spacial score (nSPS) is 20.2. The maximum Gasteiger partial charge on any atom is 0.252 e. The van der Waals surface area contributed by atoms with Crippen molar-refractivity contribution < 1.29 is 27.9 Å². The molecule has 3 amide bonds. The van der Waals surface area contributed by atoms with E-state index in [1.54, 1.807) is 31.4 Å². The Balaban J connectivity index is 1.49. The van der Waals surface area contributed by atoms with Crippen LogP contribution < -0.4 is 31.7 Å². The van der Waals surface area contributed by atoms with Crippen LogP contribution in [0.15, 0.2) is 42.5 Å². The Morgan fingerprint density at radius 3 is 2.50 bits per heavy atom. The number of thioether (sulfide) groups is 1. The van der Waals surface area contributed by atoms with Gasteiger partial charge in [-0.3, -0.25) is 19.7 Å². The molecule has 1 heterocycles. The third-order valence-corrected chi connectivity index (χ3v) is 5.50. The number of carbonyl (C=O) groups is 3. The van der Waals surface area contributed by atoms with Gasteiger partial charge in [-0.2, -0.15) is 0 Å². The highest BCUT2D eigenvalue weighted by Crippen LogP contribution is 2.17. The van der Waals surface area contributed by atoms with E-state index in [4.69, 9.17) is 10.5 Å². The second kappa shape index (κ2) is 10.4. The summed E-state index contributed by atoms with van der Waals surface area (Å²) in [7, 11) is 1.54. The van der Waals surface area contributed by atoms with Gasteiger partial charge >= 0.3 is 0 Å². The minimum atomic E-state index is -1.18. The number of amides is 3. The number of ether oxygens (including phenoxy) is 1. The molecular formula is C20H21F2N5O4S. The van der Waals surface area contributed by atoms with Crippen LogP contribution in [0.1, 0.15) is 10.4 Å². The number of nitrogens with one attached hydrogen (secondary N) is 4. The third-order valence-electron chi connectivity index (χ3n) is 4.48. The third kappa shape index (κ3) is 5.93. The zero-order chi connectivity index (χ0) is 23.3. The van der Waals surface area contributed by atoms with Gasteiger partial charge in [0.25, 0.3) is 5.91 Å². The molecule has 3 unspecified atom stereocenters. The number of methoxy groups -OCH3 is 1. The Hall–Kier alpha value is -3.22. The van der Waals surface area contributed by atoms with Crippen molar-refractivity contribution >= 4 is 35.2 Å². The summed E-state index contributed by atoms with van der Waals surface area (Å²) in [6.45, 7) is 0. The van der Waals surface area contributed by atoms with Crippen molar-refractivity contribution in [1.82, 2.24) is 16.0 Å². The summed E-state index contributed by atoms with van der Waals surface area (Å²) < 4.78 is 31.4. The van der Waals surface area contributed by atoms with Crippen molar-refractivity contribution in [3.63, 3.8) is 0 Å². The minimum Gasteiger partial charge on any atom is -0.497 e. The average Bonchev–Trinajstić information content (AvgIpc) is 2.77. The summed E-state index contributed by atoms with van der Waals surface area (Å²) in [5.74, 6) is -3.26. The van der Waals surface area contributed by atoms with Crippen molar-refractivity contribution in [2.45, 2.75) is 17.7 Å². The Bertz CT molecular complexity index is 1010. The smallest absolute Gasteiger partial charge is 0.252 e. The molecule has 0 spiro atoms. The first-order chi connectivity index (χ1) is 15.3. The molecule has 1 fully saturated rings. The lowest BCUT2D eigenvalue weighted by Gasteiger charge is -2.35. The molecule has 0 saturated carbocycles. The quantitative estimate of drug-likeness (QED) is 0.407. The molecule has 170 valence electrons. The zero-order valence-corrected chi connectivity index (χ0v) is 17.7. The molecule has 1 aliphatic rings. The summed E-state index contributed by atoms with van der Waals surface area (Å²) in [4.78, 5) is 36.8. The molecule has 2 aromatic carbocycles. The monoisotopic (exact) mass is 465 g/mol. The lowest BCUT2D eigenvalue weighted by molar-refractivity contribution is -0.125. The highest BCUT2D eigenvalue weighted by atomic mass is 32.2. The van der Waals surface area contributed by atoms with Gasteiger partial charge in [0.1, 0.15) is 17.3 Å². The summed E-state index contributed by atoms with van der Waals surface area (Å²) in [6.07, 6.45) is -0.972. The number of hydrogen-bond acceptors (Lipinski definition) is 7. The van der Waals surface area contributed by atoms with Crippen molar-refractivity contribution in [1.29, 1.82) is 0 Å². The van der Waals surface area contributed by atoms with Gasteiger partial charge in [-0.1, -0.05) is 0 Å². The number of anilines is 1. The first-order valence-corrected chi connectivity index (χ1v) is 10.4. The lowest BCUT2D eigenvalue weighted by Crippen LogP contribution is -2.70. The number of rotatable bonds is 7. The lowest BCUT2D eigenvalue weighted by atomic mass is 10.1. The first kappa shape index (κ1) is 23.4. The number of hydrogen-bond donors (Lipinski definition) is 5. The fourth-order valence-electron chi connectivity index (χ4n) is 2.83. The maximum absolute atomic E-state index is 13.3. The van der Waals surface area contributed by atoms with E-state index in [2.05, 4.69) is 21.3 Å². The van der Waals surface area contributed by atoms with Crippen LogP contribution in [0.2, 0.25) is 0 Å². The van der Waals surface area contributed by atoms with E-state index in [-0.39, 0.29) is 17.2 Å². The van der Waals surface area contributed by atoms with Gasteiger partial charge in [0.15, 0.2) is 11.6 Å². The number of nitrogens with two attached hydrogens (primary N) is 1. The summed E-state index contributed by atoms with van der Waals surface area (Å²) >= 11 is 1.10. The van der Waals surface area contributed by atoms with E-state index in [1.165, 1.54) is 0 Å². The SMILES string of the molecule is COc1ccc(NC(=O)CSC2NC(=O)C(NC(=O)c3ccc(F)c(F)c3)C(N)N2)cc1. The molecule has 0 bridgehead atoms. The maximum atomic E-state index is 13.3. The molecule has 0 radical (unpaired) electrons. The second-order valence-corrected chi connectivity index (χ2v) is 7.84. The van der Waals surface area contributed by atoms with Crippen LogP contribution in [0, 0.1) is 11.6 Å². The van der Waals surface area contributed by atoms with Crippen LogP contribution in [0.5, 0.6) is 5.75 Å². The predicted molar refractivity (Wildman–Crippen MR) is 115 cm³/mol. The first-order valence-electron chi connectivity index (χ1n) is 9.40. The number of carbonyl (C=O) groups excluding carboxylic acids is 3. The van der Waals surface area contributed by atoms with Crippen LogP contribution in [0.25, 0.3) is 0 Å². The predicted octanol–water partition coefficient (Wildman–Crippen LogP) is 0.731. The Morgan fingerprint density at radius 2 is 1.88 bits per heavy atom. The van der Waals surface area contributed by atoms with Crippen molar-refractivity contribution in [3.8, 4) is 5.75 Å². The molecule has 6 N–H and O–H groups in total. The highest BCUT2D eigenvalue weighted by Gasteiger charge is 2.35. The van der Waals surface area contributed by atoms with Gasteiger partial charge in [0.05, 0.1) is 19.0 Å². The number of benzene rings is 2. The van der Waals surface area contributed by atoms with Crippen LogP contribution >= 0.6 is 11.8 Å². The highest BCUT2D eigenvalue weighted by molar-refractivity contribution is 8.00. The molecule has 9 nitrogen and oxygen atoms in total. The standard InChI is InChI=1S/C20H21F2N5O4S/c1-31-12-5-3-11(4-6-12)24-15(28)9-32-20-26-17(23)16(19(30)27-20)25-18(29)10-2-7-13(21)14(22)8-10/h2-8,16-17,20,26H,9,23H2,1H3,(H,24,28)(H,25,29)(H,27,30). The van der Waals surface area contributed by atoms with Crippen LogP contribution in [0.4, 0.5) is 14.5 Å². The molecule has 0 aliphatic carbocycles. The van der Waals surface area contributed by atoms with Gasteiger partial charge < -0.3 is 26.4 Å². The van der Waals surface area contributed by atoms with Gasteiger partial charge in [-0.25, -0.2) is 8.78 Å². The second-order valence-electron chi connectivity index (χ2n) is 6.75. The van der Waals surface area contributed by atoms with Gasteiger partial charge in [0, 0.05) is 11.3 Å². The number of halogens is 2.